The second-order valence-corrected chi connectivity index (χ2v) is 7.14. The van der Waals surface area contributed by atoms with Gasteiger partial charge in [-0.05, 0) is 30.4 Å². The molecule has 1 aliphatic carbocycles. The van der Waals surface area contributed by atoms with Crippen LogP contribution in [-0.2, 0) is 18.4 Å². The SMILES string of the molecule is Cn1ccnc1CN1CCCN(C(=O)[C@H]2C[C@H]2c2cccnc2)CC1. The topological polar surface area (TPSA) is 54.3 Å². The molecule has 2 aromatic rings. The summed E-state index contributed by atoms with van der Waals surface area (Å²) in [5.74, 6) is 1.93. The van der Waals surface area contributed by atoms with E-state index >= 15 is 0 Å². The van der Waals surface area contributed by atoms with Crippen molar-refractivity contribution in [3.63, 3.8) is 0 Å². The van der Waals surface area contributed by atoms with Gasteiger partial charge in [-0.25, -0.2) is 4.98 Å². The number of aryl methyl sites for hydroxylation is 1. The molecule has 0 bridgehead atoms. The molecule has 3 heterocycles. The summed E-state index contributed by atoms with van der Waals surface area (Å²) in [6.45, 7) is 4.48. The van der Waals surface area contributed by atoms with E-state index in [-0.39, 0.29) is 5.92 Å². The van der Waals surface area contributed by atoms with Crippen LogP contribution >= 0.6 is 0 Å². The van der Waals surface area contributed by atoms with Crippen LogP contribution in [0, 0.1) is 5.92 Å². The third-order valence-corrected chi connectivity index (χ3v) is 5.41. The minimum absolute atomic E-state index is 0.158. The summed E-state index contributed by atoms with van der Waals surface area (Å²) in [7, 11) is 2.03. The van der Waals surface area contributed by atoms with E-state index in [1.165, 1.54) is 5.56 Å². The Kier molecular flexibility index (Phi) is 4.53. The molecule has 2 fully saturated rings. The molecule has 0 spiro atoms. The number of carbonyl (C=O) groups excluding carboxylic acids is 1. The van der Waals surface area contributed by atoms with E-state index in [0.717, 1.165) is 51.4 Å². The van der Waals surface area contributed by atoms with Gasteiger partial charge in [0.1, 0.15) is 5.82 Å². The van der Waals surface area contributed by atoms with Crippen molar-refractivity contribution < 1.29 is 4.79 Å². The number of hydrogen-bond acceptors (Lipinski definition) is 4. The lowest BCUT2D eigenvalue weighted by molar-refractivity contribution is -0.132. The monoisotopic (exact) mass is 339 g/mol. The summed E-state index contributed by atoms with van der Waals surface area (Å²) < 4.78 is 2.07. The zero-order valence-corrected chi connectivity index (χ0v) is 14.7. The molecule has 1 saturated heterocycles. The highest BCUT2D eigenvalue weighted by molar-refractivity contribution is 5.83. The number of imidazole rings is 1. The standard InChI is InChI=1S/C19H25N5O/c1-22-9-6-21-18(22)14-23-7-3-8-24(11-10-23)19(25)17-12-16(17)15-4-2-5-20-13-15/h2,4-6,9,13,16-17H,3,7-8,10-12,14H2,1H3/t16-,17-/m0/s1. The van der Waals surface area contributed by atoms with E-state index in [9.17, 15) is 4.79 Å². The molecule has 0 radical (unpaired) electrons. The average molecular weight is 339 g/mol. The lowest BCUT2D eigenvalue weighted by atomic mass is 10.1. The zero-order valence-electron chi connectivity index (χ0n) is 14.7. The Hall–Kier alpha value is -2.21. The Labute approximate surface area is 148 Å². The first kappa shape index (κ1) is 16.3. The number of aromatic nitrogens is 3. The Morgan fingerprint density at radius 1 is 1.24 bits per heavy atom. The minimum Gasteiger partial charge on any atom is -0.341 e. The van der Waals surface area contributed by atoms with Crippen LogP contribution in [0.25, 0.3) is 0 Å². The Morgan fingerprint density at radius 2 is 2.16 bits per heavy atom. The first-order chi connectivity index (χ1) is 12.2. The van der Waals surface area contributed by atoms with Crippen LogP contribution in [0.15, 0.2) is 36.9 Å². The van der Waals surface area contributed by atoms with Crippen molar-refractivity contribution in [1.82, 2.24) is 24.3 Å². The van der Waals surface area contributed by atoms with Crippen molar-refractivity contribution in [1.29, 1.82) is 0 Å². The highest BCUT2D eigenvalue weighted by atomic mass is 16.2. The van der Waals surface area contributed by atoms with Gasteiger partial charge in [0.25, 0.3) is 0 Å². The number of nitrogens with zero attached hydrogens (tertiary/aromatic N) is 5. The molecular weight excluding hydrogens is 314 g/mol. The van der Waals surface area contributed by atoms with Gasteiger partial charge in [0, 0.05) is 63.9 Å². The Morgan fingerprint density at radius 3 is 2.92 bits per heavy atom. The van der Waals surface area contributed by atoms with Crippen molar-refractivity contribution in [3.05, 3.63) is 48.3 Å². The Bertz CT molecular complexity index is 728. The minimum atomic E-state index is 0.158. The van der Waals surface area contributed by atoms with Gasteiger partial charge in [-0.15, -0.1) is 0 Å². The van der Waals surface area contributed by atoms with Crippen LogP contribution in [0.5, 0.6) is 0 Å². The molecular formula is C19H25N5O. The van der Waals surface area contributed by atoms with Gasteiger partial charge in [-0.1, -0.05) is 6.07 Å². The van der Waals surface area contributed by atoms with Crippen molar-refractivity contribution >= 4 is 5.91 Å². The fraction of sp³-hybridized carbons (Fsp3) is 0.526. The molecule has 25 heavy (non-hydrogen) atoms. The summed E-state index contributed by atoms with van der Waals surface area (Å²) in [5, 5.41) is 0. The van der Waals surface area contributed by atoms with Gasteiger partial charge in [-0.2, -0.15) is 0 Å². The van der Waals surface area contributed by atoms with Gasteiger partial charge in [-0.3, -0.25) is 14.7 Å². The predicted molar refractivity (Wildman–Crippen MR) is 94.8 cm³/mol. The maximum Gasteiger partial charge on any atom is 0.226 e. The lowest BCUT2D eigenvalue weighted by Crippen LogP contribution is -2.36. The second-order valence-electron chi connectivity index (χ2n) is 7.14. The van der Waals surface area contributed by atoms with Gasteiger partial charge in [0.2, 0.25) is 5.91 Å². The van der Waals surface area contributed by atoms with Crippen LogP contribution in [0.3, 0.4) is 0 Å². The average Bonchev–Trinajstić information content (AvgIpc) is 3.38. The molecule has 2 atom stereocenters. The molecule has 0 unspecified atom stereocenters. The number of hydrogen-bond donors (Lipinski definition) is 0. The molecule has 4 rings (SSSR count). The van der Waals surface area contributed by atoms with Gasteiger partial charge < -0.3 is 9.47 Å². The third kappa shape index (κ3) is 3.58. The molecule has 1 saturated carbocycles. The second kappa shape index (κ2) is 6.96. The summed E-state index contributed by atoms with van der Waals surface area (Å²) in [4.78, 5) is 25.9. The predicted octanol–water partition coefficient (Wildman–Crippen LogP) is 1.65. The van der Waals surface area contributed by atoms with E-state index in [4.69, 9.17) is 0 Å². The van der Waals surface area contributed by atoms with E-state index in [2.05, 4.69) is 30.4 Å². The number of carbonyl (C=O) groups is 1. The molecule has 0 aromatic carbocycles. The fourth-order valence-electron chi connectivity index (χ4n) is 3.76. The highest BCUT2D eigenvalue weighted by Crippen LogP contribution is 2.48. The fourth-order valence-corrected chi connectivity index (χ4v) is 3.76. The molecule has 1 amide bonds. The van der Waals surface area contributed by atoms with E-state index in [0.29, 0.717) is 11.8 Å². The first-order valence-corrected chi connectivity index (χ1v) is 9.09. The summed E-state index contributed by atoms with van der Waals surface area (Å²) >= 11 is 0. The molecule has 6 nitrogen and oxygen atoms in total. The molecule has 132 valence electrons. The number of pyridine rings is 1. The normalized spacial score (nSPS) is 24.1. The molecule has 2 aromatic heterocycles. The Balaban J connectivity index is 1.32. The lowest BCUT2D eigenvalue weighted by Gasteiger charge is -2.22. The summed E-state index contributed by atoms with van der Waals surface area (Å²) in [6.07, 6.45) is 9.50. The van der Waals surface area contributed by atoms with Gasteiger partial charge in [0.15, 0.2) is 0 Å². The van der Waals surface area contributed by atoms with Crippen molar-refractivity contribution in [2.45, 2.75) is 25.3 Å². The number of amides is 1. The maximum atomic E-state index is 12.8. The first-order valence-electron chi connectivity index (χ1n) is 9.09. The molecule has 0 N–H and O–H groups in total. The third-order valence-electron chi connectivity index (χ3n) is 5.41. The van der Waals surface area contributed by atoms with Crippen LogP contribution < -0.4 is 0 Å². The van der Waals surface area contributed by atoms with Crippen molar-refractivity contribution in [2.75, 3.05) is 26.2 Å². The van der Waals surface area contributed by atoms with Crippen LogP contribution in [0.4, 0.5) is 0 Å². The molecule has 2 aliphatic rings. The van der Waals surface area contributed by atoms with Crippen molar-refractivity contribution in [2.24, 2.45) is 13.0 Å². The highest BCUT2D eigenvalue weighted by Gasteiger charge is 2.45. The van der Waals surface area contributed by atoms with Crippen LogP contribution in [0.2, 0.25) is 0 Å². The van der Waals surface area contributed by atoms with Crippen LogP contribution in [0.1, 0.15) is 30.1 Å². The summed E-state index contributed by atoms with van der Waals surface area (Å²) in [5.41, 5.74) is 1.20. The van der Waals surface area contributed by atoms with Gasteiger partial charge in [0.05, 0.1) is 6.54 Å². The van der Waals surface area contributed by atoms with E-state index in [1.54, 1.807) is 6.20 Å². The van der Waals surface area contributed by atoms with Crippen LogP contribution in [-0.4, -0.2) is 56.4 Å². The molecule has 6 heteroatoms. The quantitative estimate of drug-likeness (QED) is 0.850. The van der Waals surface area contributed by atoms with E-state index in [1.807, 2.05) is 31.7 Å². The smallest absolute Gasteiger partial charge is 0.226 e. The summed E-state index contributed by atoms with van der Waals surface area (Å²) in [6, 6.07) is 4.04. The zero-order chi connectivity index (χ0) is 17.2. The number of rotatable bonds is 4. The van der Waals surface area contributed by atoms with Crippen molar-refractivity contribution in [3.8, 4) is 0 Å². The van der Waals surface area contributed by atoms with E-state index < -0.39 is 0 Å². The van der Waals surface area contributed by atoms with Gasteiger partial charge >= 0.3 is 0 Å². The largest absolute Gasteiger partial charge is 0.341 e. The molecule has 1 aliphatic heterocycles. The maximum absolute atomic E-state index is 12.8.